The number of hydrogen-bond donors (Lipinski definition) is 1. The van der Waals surface area contributed by atoms with Crippen LogP contribution < -0.4 is 4.90 Å². The second kappa shape index (κ2) is 8.41. The fourth-order valence-electron chi connectivity index (χ4n) is 2.60. The van der Waals surface area contributed by atoms with E-state index in [2.05, 4.69) is 20.5 Å². The van der Waals surface area contributed by atoms with Gasteiger partial charge >= 0.3 is 0 Å². The Morgan fingerprint density at radius 3 is 2.62 bits per heavy atom. The highest BCUT2D eigenvalue weighted by atomic mass is 32.2. The van der Waals surface area contributed by atoms with Crippen LogP contribution in [-0.4, -0.2) is 42.0 Å². The van der Waals surface area contributed by atoms with Crippen molar-refractivity contribution in [3.05, 3.63) is 65.7 Å². The van der Waals surface area contributed by atoms with Gasteiger partial charge < -0.3 is 5.11 Å². The van der Waals surface area contributed by atoms with Gasteiger partial charge in [0.2, 0.25) is 11.1 Å². The minimum atomic E-state index is -0.129. The summed E-state index contributed by atoms with van der Waals surface area (Å²) in [4.78, 5) is 19.2. The summed E-state index contributed by atoms with van der Waals surface area (Å²) in [6.45, 7) is 1.90. The van der Waals surface area contributed by atoms with Gasteiger partial charge in [0.1, 0.15) is 5.75 Å². The predicted octanol–water partition coefficient (Wildman–Crippen LogP) is 3.59. The van der Waals surface area contributed by atoms with E-state index in [1.54, 1.807) is 29.2 Å². The van der Waals surface area contributed by atoms with Crippen molar-refractivity contribution in [1.82, 2.24) is 25.2 Å². The smallest absolute Gasteiger partial charge is 0.243 e. The van der Waals surface area contributed by atoms with Gasteiger partial charge in [-0.3, -0.25) is 9.69 Å². The summed E-state index contributed by atoms with van der Waals surface area (Å²) in [6.07, 6.45) is 0. The van der Waals surface area contributed by atoms with E-state index in [-0.39, 0.29) is 17.4 Å². The van der Waals surface area contributed by atoms with E-state index in [0.29, 0.717) is 16.0 Å². The highest BCUT2D eigenvalue weighted by molar-refractivity contribution is 7.99. The van der Waals surface area contributed by atoms with Crippen LogP contribution >= 0.6 is 23.1 Å². The van der Waals surface area contributed by atoms with Crippen LogP contribution in [0.25, 0.3) is 5.69 Å². The van der Waals surface area contributed by atoms with Gasteiger partial charge in [-0.05, 0) is 53.7 Å². The quantitative estimate of drug-likeness (QED) is 0.472. The molecule has 8 nitrogen and oxygen atoms in total. The molecule has 0 unspecified atom stereocenters. The standard InChI is InChI=1S/C19H16N6O2S2/c1-13-11-28-18(20-13)24(14-5-3-2-4-6-14)17(27)12-29-19-21-22-23-25(19)15-7-9-16(26)10-8-15/h2-11,26H,12H2,1H3. The number of aromatic hydroxyl groups is 1. The molecule has 2 aromatic heterocycles. The van der Waals surface area contributed by atoms with Gasteiger partial charge in [-0.15, -0.1) is 16.4 Å². The third kappa shape index (κ3) is 4.28. The first-order valence-electron chi connectivity index (χ1n) is 8.62. The number of amides is 1. The highest BCUT2D eigenvalue weighted by Crippen LogP contribution is 2.30. The maximum absolute atomic E-state index is 13.1. The number of thioether (sulfide) groups is 1. The maximum atomic E-state index is 13.1. The fourth-order valence-corrected chi connectivity index (χ4v) is 4.18. The molecular formula is C19H16N6O2S2. The fraction of sp³-hybridized carbons (Fsp3) is 0.105. The summed E-state index contributed by atoms with van der Waals surface area (Å²) in [5.41, 5.74) is 2.31. The molecule has 0 atom stereocenters. The summed E-state index contributed by atoms with van der Waals surface area (Å²) < 4.78 is 1.53. The first-order chi connectivity index (χ1) is 14.1. The number of phenolic OH excluding ortho intramolecular Hbond substituents is 1. The molecule has 4 aromatic rings. The van der Waals surface area contributed by atoms with E-state index in [9.17, 15) is 9.90 Å². The molecule has 0 saturated carbocycles. The number of nitrogens with zero attached hydrogens (tertiary/aromatic N) is 6. The third-order valence-corrected chi connectivity index (χ3v) is 5.77. The summed E-state index contributed by atoms with van der Waals surface area (Å²) >= 11 is 2.66. The number of aromatic nitrogens is 5. The molecule has 0 aliphatic rings. The summed E-state index contributed by atoms with van der Waals surface area (Å²) in [5, 5.41) is 24.2. The van der Waals surface area contributed by atoms with Crippen molar-refractivity contribution in [2.75, 3.05) is 10.7 Å². The first-order valence-corrected chi connectivity index (χ1v) is 10.5. The zero-order valence-electron chi connectivity index (χ0n) is 15.3. The largest absolute Gasteiger partial charge is 0.508 e. The van der Waals surface area contributed by atoms with Gasteiger partial charge in [-0.2, -0.15) is 4.68 Å². The van der Waals surface area contributed by atoms with Crippen LogP contribution in [0.3, 0.4) is 0 Å². The van der Waals surface area contributed by atoms with Crippen molar-refractivity contribution in [2.24, 2.45) is 0 Å². The second-order valence-corrected chi connectivity index (χ2v) is 7.79. The van der Waals surface area contributed by atoms with Crippen LogP contribution in [0.1, 0.15) is 5.69 Å². The summed E-state index contributed by atoms with van der Waals surface area (Å²) in [6, 6.07) is 15.9. The molecule has 0 radical (unpaired) electrons. The lowest BCUT2D eigenvalue weighted by Crippen LogP contribution is -2.27. The number of anilines is 2. The molecule has 1 amide bonds. The highest BCUT2D eigenvalue weighted by Gasteiger charge is 2.22. The lowest BCUT2D eigenvalue weighted by Gasteiger charge is -2.19. The van der Waals surface area contributed by atoms with E-state index in [4.69, 9.17) is 0 Å². The van der Waals surface area contributed by atoms with Crippen LogP contribution in [0.5, 0.6) is 5.75 Å². The van der Waals surface area contributed by atoms with Crippen LogP contribution in [0.2, 0.25) is 0 Å². The molecule has 2 aromatic carbocycles. The van der Waals surface area contributed by atoms with Crippen molar-refractivity contribution in [3.8, 4) is 11.4 Å². The van der Waals surface area contributed by atoms with Crippen LogP contribution in [0.4, 0.5) is 10.8 Å². The molecule has 0 fully saturated rings. The van der Waals surface area contributed by atoms with E-state index in [1.807, 2.05) is 42.6 Å². The summed E-state index contributed by atoms with van der Waals surface area (Å²) in [7, 11) is 0. The Balaban J connectivity index is 1.55. The number of thiazole rings is 1. The number of hydrogen-bond acceptors (Lipinski definition) is 8. The first kappa shape index (κ1) is 19.1. The lowest BCUT2D eigenvalue weighted by molar-refractivity contribution is -0.115. The third-order valence-electron chi connectivity index (χ3n) is 3.92. The Morgan fingerprint density at radius 1 is 1.17 bits per heavy atom. The van der Waals surface area contributed by atoms with Gasteiger partial charge in [0.05, 0.1) is 22.8 Å². The molecule has 0 bridgehead atoms. The summed E-state index contributed by atoms with van der Waals surface area (Å²) in [5.74, 6) is 0.158. The molecule has 0 saturated heterocycles. The van der Waals surface area contributed by atoms with Crippen molar-refractivity contribution in [2.45, 2.75) is 12.1 Å². The van der Waals surface area contributed by atoms with E-state index in [1.165, 1.54) is 27.8 Å². The number of carbonyl (C=O) groups is 1. The van der Waals surface area contributed by atoms with Gasteiger partial charge in [-0.1, -0.05) is 30.0 Å². The topological polar surface area (TPSA) is 97.0 Å². The zero-order valence-corrected chi connectivity index (χ0v) is 17.0. The molecule has 10 heteroatoms. The van der Waals surface area contributed by atoms with Crippen molar-refractivity contribution in [1.29, 1.82) is 0 Å². The number of aryl methyl sites for hydroxylation is 1. The number of para-hydroxylation sites is 1. The minimum Gasteiger partial charge on any atom is -0.508 e. The number of carbonyl (C=O) groups excluding carboxylic acids is 1. The van der Waals surface area contributed by atoms with Crippen LogP contribution in [0.15, 0.2) is 65.1 Å². The van der Waals surface area contributed by atoms with Crippen LogP contribution in [-0.2, 0) is 4.79 Å². The van der Waals surface area contributed by atoms with Crippen LogP contribution in [0, 0.1) is 6.92 Å². The number of benzene rings is 2. The number of tetrazole rings is 1. The van der Waals surface area contributed by atoms with Gasteiger partial charge in [-0.25, -0.2) is 4.98 Å². The molecule has 4 rings (SSSR count). The van der Waals surface area contributed by atoms with Crippen molar-refractivity contribution >= 4 is 39.8 Å². The SMILES string of the molecule is Cc1csc(N(C(=O)CSc2nnnn2-c2ccc(O)cc2)c2ccccc2)n1. The Labute approximate surface area is 174 Å². The second-order valence-electron chi connectivity index (χ2n) is 6.01. The van der Waals surface area contributed by atoms with Gasteiger partial charge in [0, 0.05) is 5.38 Å². The molecular weight excluding hydrogens is 408 g/mol. The maximum Gasteiger partial charge on any atom is 0.243 e. The van der Waals surface area contributed by atoms with Gasteiger partial charge in [0.25, 0.3) is 0 Å². The Kier molecular flexibility index (Phi) is 5.54. The van der Waals surface area contributed by atoms with Crippen molar-refractivity contribution < 1.29 is 9.90 Å². The molecule has 2 heterocycles. The minimum absolute atomic E-state index is 0.129. The monoisotopic (exact) mass is 424 g/mol. The number of phenols is 1. The van der Waals surface area contributed by atoms with E-state index in [0.717, 1.165) is 11.4 Å². The molecule has 0 aliphatic carbocycles. The normalized spacial score (nSPS) is 10.8. The lowest BCUT2D eigenvalue weighted by atomic mass is 10.3. The molecule has 146 valence electrons. The Bertz CT molecular complexity index is 1110. The molecule has 0 spiro atoms. The van der Waals surface area contributed by atoms with Crippen molar-refractivity contribution in [3.63, 3.8) is 0 Å². The molecule has 29 heavy (non-hydrogen) atoms. The van der Waals surface area contributed by atoms with E-state index < -0.39 is 0 Å². The Morgan fingerprint density at radius 2 is 1.93 bits per heavy atom. The average Bonchev–Trinajstić information content (AvgIpc) is 3.37. The molecule has 0 aliphatic heterocycles. The number of rotatable bonds is 6. The zero-order chi connectivity index (χ0) is 20.2. The van der Waals surface area contributed by atoms with Gasteiger partial charge in [0.15, 0.2) is 5.13 Å². The average molecular weight is 425 g/mol. The Hall–Kier alpha value is -3.24. The predicted molar refractivity (Wildman–Crippen MR) is 112 cm³/mol. The van der Waals surface area contributed by atoms with E-state index >= 15 is 0 Å². The molecule has 1 N–H and O–H groups in total.